The third-order valence-corrected chi connectivity index (χ3v) is 4.60. The van der Waals surface area contributed by atoms with Crippen LogP contribution in [0, 0.1) is 0 Å². The van der Waals surface area contributed by atoms with Crippen molar-refractivity contribution >= 4 is 50.7 Å². The fraction of sp³-hybridized carbons (Fsp3) is 0.588. The highest BCUT2D eigenvalue weighted by atomic mass is 79.9. The zero-order valence-electron chi connectivity index (χ0n) is 12.8. The van der Waals surface area contributed by atoms with Crippen LogP contribution < -0.4 is 5.32 Å². The van der Waals surface area contributed by atoms with Gasteiger partial charge in [-0.25, -0.2) is 0 Å². The number of nitrogens with one attached hydrogen (secondary N) is 1. The normalized spacial score (nSPS) is 10.7. The third-order valence-electron chi connectivity index (χ3n) is 3.49. The molecule has 0 heterocycles. The molecule has 2 nitrogen and oxygen atoms in total. The second kappa shape index (κ2) is 12.2. The summed E-state index contributed by atoms with van der Waals surface area (Å²) < 4.78 is 0. The van der Waals surface area contributed by atoms with Gasteiger partial charge >= 0.3 is 0 Å². The Morgan fingerprint density at radius 3 is 2.14 bits per heavy atom. The van der Waals surface area contributed by atoms with E-state index in [9.17, 15) is 4.79 Å². The summed E-state index contributed by atoms with van der Waals surface area (Å²) in [5.41, 5.74) is 0.628. The van der Waals surface area contributed by atoms with Crippen molar-refractivity contribution in [1.29, 1.82) is 0 Å². The molecule has 1 amide bonds. The number of rotatable bonds is 11. The number of unbranched alkanes of at least 4 members (excludes halogenated alkanes) is 7. The summed E-state index contributed by atoms with van der Waals surface area (Å²) in [6.45, 7) is 0. The minimum Gasteiger partial charge on any atom is -0.325 e. The van der Waals surface area contributed by atoms with Crippen LogP contribution >= 0.6 is 39.1 Å². The van der Waals surface area contributed by atoms with Crippen LogP contribution in [-0.2, 0) is 4.79 Å². The molecule has 0 unspecified atom stereocenters. The zero-order valence-corrected chi connectivity index (χ0v) is 15.9. The first kappa shape index (κ1) is 19.8. The van der Waals surface area contributed by atoms with Crippen LogP contribution in [0.25, 0.3) is 0 Å². The van der Waals surface area contributed by atoms with Gasteiger partial charge < -0.3 is 5.32 Å². The van der Waals surface area contributed by atoms with E-state index >= 15 is 0 Å². The van der Waals surface area contributed by atoms with Crippen molar-refractivity contribution in [1.82, 2.24) is 0 Å². The molecule has 1 rings (SSSR count). The van der Waals surface area contributed by atoms with Gasteiger partial charge in [-0.1, -0.05) is 77.7 Å². The Bertz CT molecular complexity index is 454. The van der Waals surface area contributed by atoms with E-state index in [1.807, 2.05) is 0 Å². The summed E-state index contributed by atoms with van der Waals surface area (Å²) in [5, 5.41) is 4.98. The first-order valence-electron chi connectivity index (χ1n) is 7.94. The van der Waals surface area contributed by atoms with Crippen molar-refractivity contribution in [2.24, 2.45) is 0 Å². The molecule has 0 spiro atoms. The lowest BCUT2D eigenvalue weighted by atomic mass is 10.1. The number of carbonyl (C=O) groups is 1. The Morgan fingerprint density at radius 1 is 0.955 bits per heavy atom. The fourth-order valence-corrected chi connectivity index (χ4v) is 3.10. The smallest absolute Gasteiger partial charge is 0.224 e. The second-order valence-corrected chi connectivity index (χ2v) is 7.08. The molecule has 0 aliphatic heterocycles. The van der Waals surface area contributed by atoms with Crippen LogP contribution in [0.5, 0.6) is 0 Å². The van der Waals surface area contributed by atoms with Crippen LogP contribution in [0.2, 0.25) is 10.0 Å². The van der Waals surface area contributed by atoms with Crippen LogP contribution in [0.15, 0.2) is 18.2 Å². The molecular formula is C17H24BrCl2NO. The van der Waals surface area contributed by atoms with E-state index in [1.54, 1.807) is 18.2 Å². The molecule has 0 atom stereocenters. The van der Waals surface area contributed by atoms with Gasteiger partial charge in [0.25, 0.3) is 0 Å². The number of hydrogen-bond acceptors (Lipinski definition) is 1. The fourth-order valence-electron chi connectivity index (χ4n) is 2.24. The Hall–Kier alpha value is -0.250. The standard InChI is InChI=1S/C17H24BrCl2NO/c18-12-8-6-4-2-1-3-5-7-9-17(22)21-16-11-10-14(19)13-15(16)20/h10-11,13H,1-9,12H2,(H,21,22). The van der Waals surface area contributed by atoms with Crippen LogP contribution in [0.4, 0.5) is 5.69 Å². The number of hydrogen-bond donors (Lipinski definition) is 1. The van der Waals surface area contributed by atoms with Crippen LogP contribution in [-0.4, -0.2) is 11.2 Å². The van der Waals surface area contributed by atoms with Gasteiger partial charge in [0.1, 0.15) is 0 Å². The summed E-state index contributed by atoms with van der Waals surface area (Å²) >= 11 is 15.3. The quantitative estimate of drug-likeness (QED) is 0.315. The van der Waals surface area contributed by atoms with E-state index in [2.05, 4.69) is 21.2 Å². The first-order valence-corrected chi connectivity index (χ1v) is 9.82. The summed E-state index contributed by atoms with van der Waals surface area (Å²) in [4.78, 5) is 11.8. The summed E-state index contributed by atoms with van der Waals surface area (Å²) in [6.07, 6.45) is 10.3. The summed E-state index contributed by atoms with van der Waals surface area (Å²) in [5.74, 6) is 0.0153. The molecule has 0 radical (unpaired) electrons. The first-order chi connectivity index (χ1) is 10.6. The van der Waals surface area contributed by atoms with E-state index in [1.165, 1.54) is 38.5 Å². The molecule has 5 heteroatoms. The molecule has 124 valence electrons. The Labute approximate surface area is 152 Å². The van der Waals surface area contributed by atoms with E-state index in [4.69, 9.17) is 23.2 Å². The topological polar surface area (TPSA) is 29.1 Å². The predicted molar refractivity (Wildman–Crippen MR) is 100 cm³/mol. The van der Waals surface area contributed by atoms with E-state index in [0.717, 1.165) is 18.2 Å². The highest BCUT2D eigenvalue weighted by Crippen LogP contribution is 2.25. The van der Waals surface area contributed by atoms with Gasteiger partial charge in [-0.15, -0.1) is 0 Å². The molecule has 0 aliphatic rings. The lowest BCUT2D eigenvalue weighted by molar-refractivity contribution is -0.116. The van der Waals surface area contributed by atoms with Crippen LogP contribution in [0.3, 0.4) is 0 Å². The molecule has 1 aromatic carbocycles. The molecule has 0 aliphatic carbocycles. The highest BCUT2D eigenvalue weighted by molar-refractivity contribution is 9.09. The third kappa shape index (κ3) is 9.02. The molecule has 0 aromatic heterocycles. The molecule has 0 fully saturated rings. The van der Waals surface area contributed by atoms with E-state index < -0.39 is 0 Å². The maximum atomic E-state index is 11.8. The van der Waals surface area contributed by atoms with Gasteiger partial charge in [0, 0.05) is 16.8 Å². The Kier molecular flexibility index (Phi) is 11.0. The van der Waals surface area contributed by atoms with Gasteiger partial charge in [0.05, 0.1) is 10.7 Å². The largest absolute Gasteiger partial charge is 0.325 e. The van der Waals surface area contributed by atoms with Crippen molar-refractivity contribution in [3.63, 3.8) is 0 Å². The van der Waals surface area contributed by atoms with Gasteiger partial charge in [-0.3, -0.25) is 4.79 Å². The molecule has 0 saturated heterocycles. The lowest BCUT2D eigenvalue weighted by Crippen LogP contribution is -2.11. The average Bonchev–Trinajstić information content (AvgIpc) is 2.48. The summed E-state index contributed by atoms with van der Waals surface area (Å²) in [7, 11) is 0. The minimum absolute atomic E-state index is 0.0153. The maximum Gasteiger partial charge on any atom is 0.224 e. The van der Waals surface area contributed by atoms with E-state index in [-0.39, 0.29) is 5.91 Å². The minimum atomic E-state index is 0.0153. The maximum absolute atomic E-state index is 11.8. The molecule has 0 bridgehead atoms. The van der Waals surface area contributed by atoms with Gasteiger partial charge in [-0.05, 0) is 31.0 Å². The number of amides is 1. The van der Waals surface area contributed by atoms with Crippen molar-refractivity contribution in [2.75, 3.05) is 10.6 Å². The highest BCUT2D eigenvalue weighted by Gasteiger charge is 2.06. The SMILES string of the molecule is O=C(CCCCCCCCCCBr)Nc1ccc(Cl)cc1Cl. The lowest BCUT2D eigenvalue weighted by Gasteiger charge is -2.07. The van der Waals surface area contributed by atoms with Gasteiger partial charge in [0.15, 0.2) is 0 Å². The number of carbonyl (C=O) groups excluding carboxylic acids is 1. The van der Waals surface area contributed by atoms with Crippen molar-refractivity contribution < 1.29 is 4.79 Å². The molecular weight excluding hydrogens is 385 g/mol. The Morgan fingerprint density at radius 2 is 1.55 bits per heavy atom. The monoisotopic (exact) mass is 407 g/mol. The van der Waals surface area contributed by atoms with Crippen molar-refractivity contribution in [3.8, 4) is 0 Å². The predicted octanol–water partition coefficient (Wildman–Crippen LogP) is 6.84. The van der Waals surface area contributed by atoms with Crippen molar-refractivity contribution in [2.45, 2.75) is 57.8 Å². The van der Waals surface area contributed by atoms with Gasteiger partial charge in [0.2, 0.25) is 5.91 Å². The van der Waals surface area contributed by atoms with E-state index in [0.29, 0.717) is 22.2 Å². The number of benzene rings is 1. The molecule has 1 aromatic rings. The number of alkyl halides is 1. The van der Waals surface area contributed by atoms with Crippen LogP contribution in [0.1, 0.15) is 57.8 Å². The Balaban J connectivity index is 2.06. The average molecular weight is 409 g/mol. The summed E-state index contributed by atoms with van der Waals surface area (Å²) in [6, 6.07) is 5.09. The molecule has 22 heavy (non-hydrogen) atoms. The van der Waals surface area contributed by atoms with Gasteiger partial charge in [-0.2, -0.15) is 0 Å². The zero-order chi connectivity index (χ0) is 16.2. The number of halogens is 3. The van der Waals surface area contributed by atoms with Crippen molar-refractivity contribution in [3.05, 3.63) is 28.2 Å². The second-order valence-electron chi connectivity index (χ2n) is 5.44. The molecule has 0 saturated carbocycles. The number of anilines is 1. The molecule has 1 N–H and O–H groups in total.